The van der Waals surface area contributed by atoms with Crippen LogP contribution in [0.25, 0.3) is 6.08 Å². The summed E-state index contributed by atoms with van der Waals surface area (Å²) in [6.45, 7) is 0.609. The Morgan fingerprint density at radius 2 is 2.27 bits per heavy atom. The Morgan fingerprint density at radius 1 is 1.36 bits per heavy atom. The van der Waals surface area contributed by atoms with Crippen molar-refractivity contribution in [2.45, 2.75) is 0 Å². The fourth-order valence-electron chi connectivity index (χ4n) is 2.14. The van der Waals surface area contributed by atoms with Gasteiger partial charge in [-0.25, -0.2) is 5.01 Å². The lowest BCUT2D eigenvalue weighted by atomic mass is 10.1. The molecule has 0 spiro atoms. The molecule has 5 heteroatoms. The number of nitrogens with zero attached hydrogens (tertiary/aromatic N) is 3. The van der Waals surface area contributed by atoms with Gasteiger partial charge in [0.05, 0.1) is 30.7 Å². The van der Waals surface area contributed by atoms with E-state index in [1.54, 1.807) is 48.0 Å². The first-order valence-electron chi connectivity index (χ1n) is 6.75. The summed E-state index contributed by atoms with van der Waals surface area (Å²) in [6.07, 6.45) is 10.5. The molecule has 0 N–H and O–H groups in total. The molecule has 22 heavy (non-hydrogen) atoms. The third-order valence-electron chi connectivity index (χ3n) is 3.24. The van der Waals surface area contributed by atoms with Crippen molar-refractivity contribution in [2.75, 3.05) is 6.54 Å². The number of rotatable bonds is 3. The number of furan rings is 1. The van der Waals surface area contributed by atoms with Gasteiger partial charge in [-0.1, -0.05) is 6.07 Å². The Morgan fingerprint density at radius 3 is 3.05 bits per heavy atom. The second kappa shape index (κ2) is 6.02. The third kappa shape index (κ3) is 2.76. The quantitative estimate of drug-likeness (QED) is 0.872. The van der Waals surface area contributed by atoms with Gasteiger partial charge in [0.15, 0.2) is 0 Å². The summed E-state index contributed by atoms with van der Waals surface area (Å²) in [6, 6.07) is 10.5. The minimum absolute atomic E-state index is 0.178. The first-order valence-corrected chi connectivity index (χ1v) is 6.75. The van der Waals surface area contributed by atoms with Crippen molar-refractivity contribution >= 4 is 12.0 Å². The van der Waals surface area contributed by atoms with Gasteiger partial charge in [0, 0.05) is 23.5 Å². The van der Waals surface area contributed by atoms with Crippen LogP contribution < -0.4 is 0 Å². The molecule has 5 nitrogen and oxygen atoms in total. The monoisotopic (exact) mass is 291 g/mol. The fourth-order valence-corrected chi connectivity index (χ4v) is 2.14. The Labute approximate surface area is 127 Å². The largest absolute Gasteiger partial charge is 0.472 e. The van der Waals surface area contributed by atoms with Crippen LogP contribution in [0.5, 0.6) is 0 Å². The molecule has 1 aromatic carbocycles. The van der Waals surface area contributed by atoms with Crippen molar-refractivity contribution < 1.29 is 9.21 Å². The summed E-state index contributed by atoms with van der Waals surface area (Å²) >= 11 is 0. The van der Waals surface area contributed by atoms with Crippen molar-refractivity contribution in [3.8, 4) is 6.07 Å². The maximum Gasteiger partial charge on any atom is 0.276 e. The number of nitriles is 1. The van der Waals surface area contributed by atoms with Gasteiger partial charge in [0.2, 0.25) is 0 Å². The standard InChI is InChI=1S/C17H13N3O2/c18-12-15-3-1-4-16(11-15)17(21)20-8-2-7-19(20)9-5-14-6-10-22-13-14/h1-6,8-11,13H,7H2. The van der Waals surface area contributed by atoms with Gasteiger partial charge in [-0.3, -0.25) is 9.80 Å². The van der Waals surface area contributed by atoms with E-state index in [-0.39, 0.29) is 5.91 Å². The number of amides is 1. The molecule has 0 saturated carbocycles. The minimum atomic E-state index is -0.178. The molecule has 1 aromatic heterocycles. The van der Waals surface area contributed by atoms with Gasteiger partial charge in [0.1, 0.15) is 0 Å². The molecule has 3 rings (SSSR count). The fraction of sp³-hybridized carbons (Fsp3) is 0.0588. The Balaban J connectivity index is 1.78. The molecule has 1 aliphatic rings. The van der Waals surface area contributed by atoms with Crippen LogP contribution in [0.1, 0.15) is 21.5 Å². The summed E-state index contributed by atoms with van der Waals surface area (Å²) in [4.78, 5) is 12.6. The summed E-state index contributed by atoms with van der Waals surface area (Å²) in [7, 11) is 0. The predicted molar refractivity (Wildman–Crippen MR) is 80.9 cm³/mol. The maximum atomic E-state index is 12.6. The Kier molecular flexibility index (Phi) is 3.75. The lowest BCUT2D eigenvalue weighted by Gasteiger charge is -2.25. The van der Waals surface area contributed by atoms with Crippen LogP contribution in [-0.4, -0.2) is 22.5 Å². The van der Waals surface area contributed by atoms with Crippen LogP contribution in [0.15, 0.2) is 65.8 Å². The summed E-state index contributed by atoms with van der Waals surface area (Å²) in [5, 5.41) is 12.2. The average molecular weight is 291 g/mol. The highest BCUT2D eigenvalue weighted by molar-refractivity contribution is 5.95. The molecule has 0 fully saturated rings. The second-order valence-corrected chi connectivity index (χ2v) is 4.72. The minimum Gasteiger partial charge on any atom is -0.472 e. The zero-order chi connectivity index (χ0) is 15.4. The summed E-state index contributed by atoms with van der Waals surface area (Å²) in [5.74, 6) is -0.178. The van der Waals surface area contributed by atoms with E-state index in [0.717, 1.165) is 5.56 Å². The maximum absolute atomic E-state index is 12.6. The van der Waals surface area contributed by atoms with Crippen molar-refractivity contribution in [3.63, 3.8) is 0 Å². The van der Waals surface area contributed by atoms with E-state index in [0.29, 0.717) is 17.7 Å². The molecule has 0 bridgehead atoms. The van der Waals surface area contributed by atoms with E-state index < -0.39 is 0 Å². The van der Waals surface area contributed by atoms with Crippen LogP contribution in [0, 0.1) is 11.3 Å². The van der Waals surface area contributed by atoms with Gasteiger partial charge in [-0.15, -0.1) is 0 Å². The van der Waals surface area contributed by atoms with E-state index >= 15 is 0 Å². The molecule has 0 unspecified atom stereocenters. The SMILES string of the molecule is N#Cc1cccc(C(=O)N2C=CCN2C=Cc2ccoc2)c1. The second-order valence-electron chi connectivity index (χ2n) is 4.72. The van der Waals surface area contributed by atoms with Crippen molar-refractivity contribution in [1.82, 2.24) is 10.0 Å². The van der Waals surface area contributed by atoms with Crippen LogP contribution in [0.2, 0.25) is 0 Å². The topological polar surface area (TPSA) is 60.5 Å². The van der Waals surface area contributed by atoms with E-state index in [1.165, 1.54) is 5.01 Å². The van der Waals surface area contributed by atoms with Crippen LogP contribution in [-0.2, 0) is 0 Å². The van der Waals surface area contributed by atoms with E-state index in [2.05, 4.69) is 0 Å². The van der Waals surface area contributed by atoms with Gasteiger partial charge in [0.25, 0.3) is 5.91 Å². The smallest absolute Gasteiger partial charge is 0.276 e. The molecule has 2 heterocycles. The lowest BCUT2D eigenvalue weighted by molar-refractivity contribution is 0.0525. The van der Waals surface area contributed by atoms with Crippen molar-refractivity contribution in [1.29, 1.82) is 5.26 Å². The number of benzene rings is 1. The van der Waals surface area contributed by atoms with E-state index in [9.17, 15) is 4.79 Å². The molecule has 1 aliphatic heterocycles. The number of carbonyl (C=O) groups is 1. The first-order chi connectivity index (χ1) is 10.8. The highest BCUT2D eigenvalue weighted by Crippen LogP contribution is 2.16. The first kappa shape index (κ1) is 13.7. The lowest BCUT2D eigenvalue weighted by Crippen LogP contribution is -2.35. The molecular formula is C17H13N3O2. The van der Waals surface area contributed by atoms with Gasteiger partial charge in [-0.2, -0.15) is 5.26 Å². The van der Waals surface area contributed by atoms with Crippen LogP contribution in [0.4, 0.5) is 0 Å². The molecular weight excluding hydrogens is 278 g/mol. The van der Waals surface area contributed by atoms with Crippen LogP contribution >= 0.6 is 0 Å². The molecule has 0 radical (unpaired) electrons. The Bertz CT molecular complexity index is 769. The van der Waals surface area contributed by atoms with Gasteiger partial charge < -0.3 is 4.42 Å². The summed E-state index contributed by atoms with van der Waals surface area (Å²) < 4.78 is 5.00. The third-order valence-corrected chi connectivity index (χ3v) is 3.24. The predicted octanol–water partition coefficient (Wildman–Crippen LogP) is 3.01. The summed E-state index contributed by atoms with van der Waals surface area (Å²) in [5.41, 5.74) is 1.87. The van der Waals surface area contributed by atoms with Gasteiger partial charge >= 0.3 is 0 Å². The number of hydrogen-bond donors (Lipinski definition) is 0. The molecule has 0 saturated heterocycles. The number of hydrogen-bond acceptors (Lipinski definition) is 4. The Hall–Kier alpha value is -3.26. The van der Waals surface area contributed by atoms with Gasteiger partial charge in [-0.05, 0) is 36.4 Å². The zero-order valence-electron chi connectivity index (χ0n) is 11.7. The number of carbonyl (C=O) groups excluding carboxylic acids is 1. The molecule has 0 aliphatic carbocycles. The van der Waals surface area contributed by atoms with Crippen LogP contribution in [0.3, 0.4) is 0 Å². The normalized spacial score (nSPS) is 13.8. The average Bonchev–Trinajstić information content (AvgIpc) is 3.23. The molecule has 2 aromatic rings. The van der Waals surface area contributed by atoms with Crippen molar-refractivity contribution in [2.24, 2.45) is 0 Å². The number of hydrazine groups is 1. The van der Waals surface area contributed by atoms with E-state index in [4.69, 9.17) is 9.68 Å². The zero-order valence-corrected chi connectivity index (χ0v) is 11.7. The molecule has 1 amide bonds. The molecule has 108 valence electrons. The highest BCUT2D eigenvalue weighted by atomic mass is 16.3. The van der Waals surface area contributed by atoms with E-state index in [1.807, 2.05) is 30.5 Å². The molecule has 0 atom stereocenters. The van der Waals surface area contributed by atoms with Crippen molar-refractivity contribution in [3.05, 3.63) is 78.0 Å². The highest BCUT2D eigenvalue weighted by Gasteiger charge is 2.21.